The second kappa shape index (κ2) is 9.59. The minimum absolute atomic E-state index is 0.0188. The molecule has 2 atom stereocenters. The van der Waals surface area contributed by atoms with Crippen molar-refractivity contribution in [2.24, 2.45) is 5.92 Å². The van der Waals surface area contributed by atoms with Crippen LogP contribution in [-0.2, 0) is 0 Å². The van der Waals surface area contributed by atoms with Crippen molar-refractivity contribution in [3.05, 3.63) is 21.6 Å². The third-order valence-electron chi connectivity index (χ3n) is 6.91. The summed E-state index contributed by atoms with van der Waals surface area (Å²) in [5, 5.41) is -2.92. The minimum Gasteiger partial charge on any atom is -0.372 e. The largest absolute Gasteiger partial charge is 0.415 e. The molecule has 0 saturated heterocycles. The molecule has 184 valence electrons. The third-order valence-corrected chi connectivity index (χ3v) is 12.5. The van der Waals surface area contributed by atoms with Gasteiger partial charge in [0, 0.05) is 38.2 Å². The summed E-state index contributed by atoms with van der Waals surface area (Å²) >= 11 is 0.924. The zero-order chi connectivity index (χ0) is 23.9. The summed E-state index contributed by atoms with van der Waals surface area (Å²) in [4.78, 5) is 3.34. The fourth-order valence-electron chi connectivity index (χ4n) is 5.38. The zero-order valence-electron chi connectivity index (χ0n) is 19.2. The number of allylic oxidation sites excluding steroid dienone is 2. The number of nitrogens with zero attached hydrogens (tertiary/aromatic N) is 2. The van der Waals surface area contributed by atoms with Crippen LogP contribution in [0.5, 0.6) is 0 Å². The third kappa shape index (κ3) is 3.97. The highest BCUT2D eigenvalue weighted by atomic mass is 32.7. The summed E-state index contributed by atoms with van der Waals surface area (Å²) in [6.45, 7) is 8.57. The molecule has 1 fully saturated rings. The van der Waals surface area contributed by atoms with Crippen LogP contribution in [0, 0.1) is 5.92 Å². The van der Waals surface area contributed by atoms with Gasteiger partial charge in [0.1, 0.15) is 0 Å². The first-order valence-corrected chi connectivity index (χ1v) is 14.4. The van der Waals surface area contributed by atoms with Gasteiger partial charge in [0.2, 0.25) is 0 Å². The molecule has 0 bridgehead atoms. The molecule has 1 aliphatic carbocycles. The highest BCUT2D eigenvalue weighted by Crippen LogP contribution is 2.90. The van der Waals surface area contributed by atoms with E-state index in [9.17, 15) is 26.3 Å². The van der Waals surface area contributed by atoms with E-state index >= 15 is 0 Å². The summed E-state index contributed by atoms with van der Waals surface area (Å²) in [7, 11) is -2.13. The second-order valence-corrected chi connectivity index (χ2v) is 12.5. The van der Waals surface area contributed by atoms with E-state index in [1.54, 1.807) is 13.8 Å². The summed E-state index contributed by atoms with van der Waals surface area (Å²) in [6.07, 6.45) is -5.52. The zero-order valence-corrected chi connectivity index (χ0v) is 20.9. The fraction of sp³-hybridized carbons (Fsp3) is 0.818. The van der Waals surface area contributed by atoms with Crippen molar-refractivity contribution in [2.75, 3.05) is 26.2 Å². The monoisotopic (exact) mass is 502 g/mol. The standard InChI is InChI=1S/C22H33F6N2PS/c1-5-29(6-2)18-19(30(7-3)8-4)31-20(18,22(26,27)28)17(21(23,24)25)16(32-31)15-13-11-9-10-12-14-15/h15H,5-14H2,1-4H3. The molecule has 3 rings (SSSR count). The Balaban J connectivity index is 2.30. The van der Waals surface area contributed by atoms with Crippen LogP contribution in [0.1, 0.15) is 66.2 Å². The van der Waals surface area contributed by atoms with Crippen molar-refractivity contribution in [3.8, 4) is 0 Å². The van der Waals surface area contributed by atoms with Crippen molar-refractivity contribution in [1.82, 2.24) is 9.80 Å². The Kier molecular flexibility index (Phi) is 7.81. The number of hydrogen-bond acceptors (Lipinski definition) is 3. The maximum atomic E-state index is 15.0. The molecule has 2 aliphatic heterocycles. The van der Waals surface area contributed by atoms with Gasteiger partial charge in [0.05, 0.1) is 16.7 Å². The van der Waals surface area contributed by atoms with Crippen LogP contribution in [0.4, 0.5) is 26.3 Å². The summed E-state index contributed by atoms with van der Waals surface area (Å²) in [5.74, 6) is -0.428. The Morgan fingerprint density at radius 2 is 1.34 bits per heavy atom. The smallest absolute Gasteiger partial charge is 0.372 e. The number of fused-ring (bicyclic) bond motifs is 1. The van der Waals surface area contributed by atoms with E-state index in [-0.39, 0.29) is 23.7 Å². The second-order valence-electron chi connectivity index (χ2n) is 8.54. The molecule has 0 aromatic rings. The Bertz CT molecular complexity index is 747. The SMILES string of the molecule is CCN(CC)C1=C(N(CC)CC)C2(C(F)(F)F)C(C(F)(F)F)=C(C3CCCCCC3)SP12. The fourth-order valence-corrected chi connectivity index (χ4v) is 12.4. The van der Waals surface area contributed by atoms with Gasteiger partial charge < -0.3 is 9.80 Å². The lowest BCUT2D eigenvalue weighted by atomic mass is 9.85. The van der Waals surface area contributed by atoms with Crippen LogP contribution < -0.4 is 0 Å². The van der Waals surface area contributed by atoms with Crippen molar-refractivity contribution in [1.29, 1.82) is 0 Å². The Hall–Kier alpha value is -0.560. The average molecular weight is 503 g/mol. The molecule has 0 aromatic carbocycles. The van der Waals surface area contributed by atoms with E-state index in [0.29, 0.717) is 31.4 Å². The van der Waals surface area contributed by atoms with E-state index in [2.05, 4.69) is 0 Å². The maximum Gasteiger partial charge on any atom is 0.415 e. The van der Waals surface area contributed by atoms with Crippen LogP contribution in [0.2, 0.25) is 0 Å². The highest BCUT2D eigenvalue weighted by Gasteiger charge is 2.80. The molecule has 0 amide bonds. The summed E-state index contributed by atoms with van der Waals surface area (Å²) in [5.41, 5.74) is -0.937. The number of hydrogen-bond donors (Lipinski definition) is 0. The van der Waals surface area contributed by atoms with Crippen molar-refractivity contribution >= 4 is 18.5 Å². The van der Waals surface area contributed by atoms with E-state index in [1.165, 1.54) is 4.90 Å². The van der Waals surface area contributed by atoms with Gasteiger partial charge >= 0.3 is 12.4 Å². The van der Waals surface area contributed by atoms with Crippen LogP contribution in [0.3, 0.4) is 0 Å². The van der Waals surface area contributed by atoms with Crippen LogP contribution in [0.25, 0.3) is 0 Å². The topological polar surface area (TPSA) is 6.48 Å². The first-order chi connectivity index (χ1) is 15.0. The molecule has 2 unspecified atom stereocenters. The summed E-state index contributed by atoms with van der Waals surface area (Å²) < 4.78 is 88.8. The minimum atomic E-state index is -5.02. The molecule has 32 heavy (non-hydrogen) atoms. The van der Waals surface area contributed by atoms with Gasteiger partial charge in [-0.15, -0.1) is 0 Å². The van der Waals surface area contributed by atoms with Gasteiger partial charge in [-0.05, 0) is 46.5 Å². The Labute approximate surface area is 192 Å². The van der Waals surface area contributed by atoms with E-state index in [0.717, 1.165) is 37.1 Å². The Morgan fingerprint density at radius 1 is 0.844 bits per heavy atom. The number of halogens is 6. The number of rotatable bonds is 7. The molecule has 2 nitrogen and oxygen atoms in total. The molecule has 0 aromatic heterocycles. The molecular formula is C22H33F6N2PS. The molecule has 10 heteroatoms. The summed E-state index contributed by atoms with van der Waals surface area (Å²) in [6, 6.07) is 0. The molecule has 2 heterocycles. The van der Waals surface area contributed by atoms with Crippen molar-refractivity contribution in [2.45, 2.75) is 83.7 Å². The molecular weight excluding hydrogens is 469 g/mol. The molecule has 0 spiro atoms. The van der Waals surface area contributed by atoms with Gasteiger partial charge in [-0.2, -0.15) is 26.3 Å². The lowest BCUT2D eigenvalue weighted by Gasteiger charge is -2.55. The van der Waals surface area contributed by atoms with Gasteiger partial charge in [0.25, 0.3) is 0 Å². The molecule has 0 radical (unpaired) electrons. The van der Waals surface area contributed by atoms with Gasteiger partial charge in [-0.1, -0.05) is 37.1 Å². The van der Waals surface area contributed by atoms with Crippen LogP contribution in [0.15, 0.2) is 21.6 Å². The predicted octanol–water partition coefficient (Wildman–Crippen LogP) is 8.08. The van der Waals surface area contributed by atoms with E-state index < -0.39 is 36.1 Å². The van der Waals surface area contributed by atoms with E-state index in [4.69, 9.17) is 0 Å². The highest BCUT2D eigenvalue weighted by molar-refractivity contribution is 8.60. The first kappa shape index (κ1) is 26.1. The van der Waals surface area contributed by atoms with Gasteiger partial charge in [0.15, 0.2) is 5.16 Å². The molecule has 0 N–H and O–H groups in total. The van der Waals surface area contributed by atoms with Crippen LogP contribution >= 0.6 is 18.5 Å². The lowest BCUT2D eigenvalue weighted by molar-refractivity contribution is -0.172. The van der Waals surface area contributed by atoms with Crippen molar-refractivity contribution < 1.29 is 26.3 Å². The van der Waals surface area contributed by atoms with Gasteiger partial charge in [-0.25, -0.2) is 0 Å². The first-order valence-electron chi connectivity index (χ1n) is 11.6. The molecule has 1 saturated carbocycles. The Morgan fingerprint density at radius 3 is 1.75 bits per heavy atom. The predicted molar refractivity (Wildman–Crippen MR) is 120 cm³/mol. The van der Waals surface area contributed by atoms with Crippen molar-refractivity contribution in [3.63, 3.8) is 0 Å². The number of alkyl halides is 6. The van der Waals surface area contributed by atoms with Crippen LogP contribution in [-0.4, -0.2) is 53.5 Å². The lowest BCUT2D eigenvalue weighted by Crippen LogP contribution is -2.59. The van der Waals surface area contributed by atoms with E-state index in [1.807, 2.05) is 18.7 Å². The molecule has 3 aliphatic rings. The average Bonchev–Trinajstić information content (AvgIpc) is 2.84. The maximum absolute atomic E-state index is 15.0. The quantitative estimate of drug-likeness (QED) is 0.197. The normalized spacial score (nSPS) is 27.4. The van der Waals surface area contributed by atoms with Gasteiger partial charge in [-0.3, -0.25) is 0 Å².